The van der Waals surface area contributed by atoms with Crippen LogP contribution in [0.5, 0.6) is 5.75 Å². The van der Waals surface area contributed by atoms with E-state index in [-0.39, 0.29) is 18.5 Å². The van der Waals surface area contributed by atoms with Gasteiger partial charge in [-0.3, -0.25) is 28.9 Å². The molecule has 0 aliphatic heterocycles. The highest BCUT2D eigenvalue weighted by atomic mass is 19.4. The Kier molecular flexibility index (Phi) is 7.50. The molecular weight excluding hydrogens is 547 g/mol. The number of Topliss-reactive ketones (excluding diaryl/α,β-unsaturated/α-hetero) is 4. The number of benzene rings is 1. The topological polar surface area (TPSA) is 167 Å². The number of alkyl halides is 3. The molecule has 3 aliphatic carbocycles. The number of carbonyl (C=O) groups excluding carboxylic acids is 5. The summed E-state index contributed by atoms with van der Waals surface area (Å²) in [4.78, 5) is 67.3. The predicted molar refractivity (Wildman–Crippen MR) is 138 cm³/mol. The third-order valence-corrected chi connectivity index (χ3v) is 9.07. The number of rotatable bonds is 6. The first-order chi connectivity index (χ1) is 18.8. The average molecular weight is 582 g/mol. The van der Waals surface area contributed by atoms with Gasteiger partial charge in [0.1, 0.15) is 5.75 Å². The second-order valence-corrected chi connectivity index (χ2v) is 12.2. The highest BCUT2D eigenvalue weighted by Gasteiger charge is 2.69. The average Bonchev–Trinajstić information content (AvgIpc) is 2.83. The van der Waals surface area contributed by atoms with Crippen LogP contribution in [0.4, 0.5) is 13.2 Å². The molecule has 10 nitrogen and oxygen atoms in total. The van der Waals surface area contributed by atoms with Crippen molar-refractivity contribution < 1.29 is 47.4 Å². The highest BCUT2D eigenvalue weighted by Crippen LogP contribution is 2.52. The van der Waals surface area contributed by atoms with Crippen molar-refractivity contribution in [3.8, 4) is 5.75 Å². The fourth-order valence-corrected chi connectivity index (χ4v) is 6.70. The minimum atomic E-state index is -4.92. The Bertz CT molecular complexity index is 1360. The molecule has 0 spiro atoms. The van der Waals surface area contributed by atoms with E-state index in [1.165, 1.54) is 19.0 Å². The number of aromatic hydroxyl groups is 1. The van der Waals surface area contributed by atoms with Gasteiger partial charge < -0.3 is 21.3 Å². The molecule has 4 rings (SSSR count). The summed E-state index contributed by atoms with van der Waals surface area (Å²) in [6.07, 6.45) is -5.14. The number of likely N-dealkylation sites (N-methyl/N-ethyl adjacent to an activating group) is 1. The highest BCUT2D eigenvalue weighted by molar-refractivity contribution is 6.32. The minimum absolute atomic E-state index is 0.264. The van der Waals surface area contributed by atoms with Gasteiger partial charge in [0.05, 0.1) is 23.1 Å². The molecular formula is C28H34F3N3O7. The first-order valence-electron chi connectivity index (χ1n) is 13.3. The van der Waals surface area contributed by atoms with E-state index in [0.29, 0.717) is 6.42 Å². The Hall–Kier alpha value is -3.16. The third-order valence-electron chi connectivity index (χ3n) is 9.07. The molecule has 0 radical (unpaired) electrons. The van der Waals surface area contributed by atoms with Gasteiger partial charge in [0.2, 0.25) is 5.91 Å². The predicted octanol–water partition coefficient (Wildman–Crippen LogP) is 1.16. The Balaban J connectivity index is 1.88. The van der Waals surface area contributed by atoms with Gasteiger partial charge in [-0.25, -0.2) is 0 Å². The van der Waals surface area contributed by atoms with Gasteiger partial charge in [-0.05, 0) is 70.3 Å². The third kappa shape index (κ3) is 4.67. The lowest BCUT2D eigenvalue weighted by molar-refractivity contribution is -0.181. The van der Waals surface area contributed by atoms with Crippen LogP contribution in [-0.4, -0.2) is 75.4 Å². The number of phenols is 1. The number of fused-ring (bicyclic) bond motifs is 3. The fourth-order valence-electron chi connectivity index (χ4n) is 6.70. The smallest absolute Gasteiger partial charge is 0.417 e. The Morgan fingerprint density at radius 1 is 1.17 bits per heavy atom. The van der Waals surface area contributed by atoms with Crippen LogP contribution < -0.4 is 11.1 Å². The fraction of sp³-hybridized carbons (Fsp3) is 0.607. The number of nitrogens with zero attached hydrogens (tertiary/aromatic N) is 1. The molecule has 0 bridgehead atoms. The lowest BCUT2D eigenvalue weighted by atomic mass is 9.52. The van der Waals surface area contributed by atoms with E-state index in [1.54, 1.807) is 13.8 Å². The van der Waals surface area contributed by atoms with Crippen LogP contribution >= 0.6 is 0 Å². The van der Waals surface area contributed by atoms with Crippen molar-refractivity contribution in [3.63, 3.8) is 0 Å². The molecule has 1 aromatic carbocycles. The quantitative estimate of drug-likeness (QED) is 0.361. The SMILES string of the molecule is CCC(C)(C)NCc1cc(O)c2c(c1C(F)(F)F)C[C@H]1C[C@H]3[C@H](N(C)C)C(=O)C(C(N)=O)C(=O)[C@@]3(O)C(=O)C1C2=O. The summed E-state index contributed by atoms with van der Waals surface area (Å²) in [6.45, 7) is 5.20. The summed E-state index contributed by atoms with van der Waals surface area (Å²) in [5, 5.41) is 25.4. The molecule has 2 fully saturated rings. The summed E-state index contributed by atoms with van der Waals surface area (Å²) < 4.78 is 43.6. The van der Waals surface area contributed by atoms with Gasteiger partial charge in [0.15, 0.2) is 34.7 Å². The van der Waals surface area contributed by atoms with Crippen molar-refractivity contribution in [2.24, 2.45) is 29.4 Å². The Morgan fingerprint density at radius 2 is 1.78 bits per heavy atom. The maximum atomic E-state index is 14.5. The second-order valence-electron chi connectivity index (χ2n) is 12.2. The largest absolute Gasteiger partial charge is 0.507 e. The summed E-state index contributed by atoms with van der Waals surface area (Å²) in [5.41, 5.74) is -0.744. The van der Waals surface area contributed by atoms with Gasteiger partial charge in [-0.2, -0.15) is 13.2 Å². The van der Waals surface area contributed by atoms with Crippen molar-refractivity contribution >= 4 is 29.0 Å². The number of hydrogen-bond donors (Lipinski definition) is 4. The van der Waals surface area contributed by atoms with Crippen LogP contribution in [0.3, 0.4) is 0 Å². The van der Waals surface area contributed by atoms with E-state index in [2.05, 4.69) is 5.32 Å². The molecule has 0 aromatic heterocycles. The summed E-state index contributed by atoms with van der Waals surface area (Å²) in [7, 11) is 2.84. The monoisotopic (exact) mass is 581 g/mol. The number of nitrogens with one attached hydrogen (secondary N) is 1. The Labute approximate surface area is 234 Å². The number of aliphatic hydroxyl groups is 1. The molecule has 13 heteroatoms. The first kappa shape index (κ1) is 30.8. The van der Waals surface area contributed by atoms with Gasteiger partial charge in [0.25, 0.3) is 0 Å². The molecule has 5 N–H and O–H groups in total. The van der Waals surface area contributed by atoms with Gasteiger partial charge in [-0.1, -0.05) is 6.92 Å². The number of hydrogen-bond acceptors (Lipinski definition) is 9. The number of nitrogens with two attached hydrogens (primary N) is 1. The molecule has 41 heavy (non-hydrogen) atoms. The molecule has 224 valence electrons. The molecule has 3 aliphatic rings. The van der Waals surface area contributed by atoms with E-state index in [0.717, 1.165) is 6.07 Å². The molecule has 2 saturated carbocycles. The summed E-state index contributed by atoms with van der Waals surface area (Å²) in [6, 6.07) is -0.502. The standard InChI is InChI=1S/C28H34F3N3O7/c1-6-26(2,3)33-10-12-9-15(35)17-13(19(12)28(29,30)31)7-11-8-14-20(34(4)5)22(37)18(25(32)40)24(39)27(14,41)23(38)16(11)21(17)36/h9,11,14,16,18,20,33,35,41H,6-8,10H2,1-5H3,(H2,32,40)/t11-,14-,16?,18?,20-,27-/m0/s1. The molecule has 0 heterocycles. The van der Waals surface area contributed by atoms with Crippen molar-refractivity contribution in [2.45, 2.75) is 69.9 Å². The number of amides is 1. The molecule has 1 amide bonds. The number of ketones is 4. The number of halogens is 3. The molecule has 1 aromatic rings. The van der Waals surface area contributed by atoms with Crippen LogP contribution in [-0.2, 0) is 38.3 Å². The zero-order valence-electron chi connectivity index (χ0n) is 23.4. The summed E-state index contributed by atoms with van der Waals surface area (Å²) in [5.74, 6) is -13.4. The van der Waals surface area contributed by atoms with Crippen LogP contribution in [0.25, 0.3) is 0 Å². The molecule has 6 atom stereocenters. The van der Waals surface area contributed by atoms with Crippen molar-refractivity contribution in [1.29, 1.82) is 0 Å². The van der Waals surface area contributed by atoms with Gasteiger partial charge in [-0.15, -0.1) is 0 Å². The summed E-state index contributed by atoms with van der Waals surface area (Å²) >= 11 is 0. The zero-order chi connectivity index (χ0) is 31.0. The van der Waals surface area contributed by atoms with E-state index < -0.39 is 105 Å². The molecule has 2 unspecified atom stereocenters. The first-order valence-corrected chi connectivity index (χ1v) is 13.3. The number of carbonyl (C=O) groups is 5. The van der Waals surface area contributed by atoms with Crippen LogP contribution in [0.15, 0.2) is 6.07 Å². The lowest BCUT2D eigenvalue weighted by Crippen LogP contribution is -2.74. The lowest BCUT2D eigenvalue weighted by Gasteiger charge is -2.52. The van der Waals surface area contributed by atoms with Crippen LogP contribution in [0.1, 0.15) is 60.7 Å². The van der Waals surface area contributed by atoms with E-state index in [1.807, 2.05) is 6.92 Å². The Morgan fingerprint density at radius 3 is 2.29 bits per heavy atom. The number of phenolic OH excluding ortho intramolecular Hbond substituents is 1. The van der Waals surface area contributed by atoms with Crippen molar-refractivity contribution in [3.05, 3.63) is 28.3 Å². The molecule has 0 saturated heterocycles. The van der Waals surface area contributed by atoms with Crippen molar-refractivity contribution in [1.82, 2.24) is 10.2 Å². The minimum Gasteiger partial charge on any atom is -0.507 e. The zero-order valence-corrected chi connectivity index (χ0v) is 23.4. The van der Waals surface area contributed by atoms with Crippen LogP contribution in [0.2, 0.25) is 0 Å². The van der Waals surface area contributed by atoms with Crippen molar-refractivity contribution in [2.75, 3.05) is 14.1 Å². The van der Waals surface area contributed by atoms with Gasteiger partial charge >= 0.3 is 6.18 Å². The second kappa shape index (κ2) is 9.99. The van der Waals surface area contributed by atoms with Gasteiger partial charge in [0, 0.05) is 18.0 Å². The number of primary amides is 1. The maximum absolute atomic E-state index is 14.5. The maximum Gasteiger partial charge on any atom is 0.417 e. The van der Waals surface area contributed by atoms with E-state index in [9.17, 15) is 47.4 Å². The normalized spacial score (nSPS) is 30.2. The van der Waals surface area contributed by atoms with E-state index in [4.69, 9.17) is 5.73 Å². The van der Waals surface area contributed by atoms with E-state index >= 15 is 0 Å². The van der Waals surface area contributed by atoms with Crippen LogP contribution in [0, 0.1) is 23.7 Å².